The van der Waals surface area contributed by atoms with E-state index >= 15 is 0 Å². The first-order chi connectivity index (χ1) is 13.3. The van der Waals surface area contributed by atoms with Gasteiger partial charge in [0, 0.05) is 6.42 Å². The lowest BCUT2D eigenvalue weighted by atomic mass is 10.2. The van der Waals surface area contributed by atoms with Crippen molar-refractivity contribution in [3.05, 3.63) is 59.7 Å². The normalized spacial score (nSPS) is 11.8. The Morgan fingerprint density at radius 1 is 1.18 bits per heavy atom. The summed E-state index contributed by atoms with van der Waals surface area (Å²) in [4.78, 5) is 15.8. The Labute approximate surface area is 162 Å². The molecule has 0 unspecified atom stereocenters. The summed E-state index contributed by atoms with van der Waals surface area (Å²) in [5, 5.41) is 9.19. The van der Waals surface area contributed by atoms with E-state index in [1.807, 2.05) is 6.92 Å². The number of unbranched alkanes of at least 4 members (excludes halogenated alkanes) is 1. The maximum atomic E-state index is 13.0. The molecule has 0 saturated heterocycles. The third-order valence-corrected chi connectivity index (χ3v) is 6.17. The molecule has 0 saturated carbocycles. The van der Waals surface area contributed by atoms with Crippen LogP contribution < -0.4 is 0 Å². The van der Waals surface area contributed by atoms with E-state index in [2.05, 4.69) is 4.98 Å². The van der Waals surface area contributed by atoms with Gasteiger partial charge < -0.3 is 9.67 Å². The van der Waals surface area contributed by atoms with Crippen LogP contribution in [0.1, 0.15) is 31.2 Å². The van der Waals surface area contributed by atoms with Gasteiger partial charge in [0.1, 0.15) is 18.2 Å². The molecule has 0 fully saturated rings. The summed E-state index contributed by atoms with van der Waals surface area (Å²) in [6.45, 7) is 1.85. The summed E-state index contributed by atoms with van der Waals surface area (Å²) < 4.78 is 39.9. The molecule has 8 heteroatoms. The predicted molar refractivity (Wildman–Crippen MR) is 103 cm³/mol. The fraction of sp³-hybridized carbons (Fsp3) is 0.300. The van der Waals surface area contributed by atoms with Gasteiger partial charge in [-0.15, -0.1) is 0 Å². The molecule has 6 nitrogen and oxygen atoms in total. The van der Waals surface area contributed by atoms with Crippen molar-refractivity contribution in [2.24, 2.45) is 0 Å². The van der Waals surface area contributed by atoms with Crippen LogP contribution in [0.4, 0.5) is 4.39 Å². The molecule has 148 valence electrons. The molecule has 0 aliphatic heterocycles. The van der Waals surface area contributed by atoms with Crippen molar-refractivity contribution in [3.63, 3.8) is 0 Å². The Morgan fingerprint density at radius 3 is 2.54 bits per heavy atom. The van der Waals surface area contributed by atoms with Crippen LogP contribution in [-0.4, -0.2) is 29.0 Å². The second-order valence-electron chi connectivity index (χ2n) is 6.65. The van der Waals surface area contributed by atoms with E-state index in [9.17, 15) is 22.7 Å². The molecule has 0 spiro atoms. The smallest absolute Gasteiger partial charge is 0.323 e. The number of rotatable bonds is 8. The highest BCUT2D eigenvalue weighted by Crippen LogP contribution is 2.23. The Bertz CT molecular complexity index is 1110. The van der Waals surface area contributed by atoms with Crippen LogP contribution in [0, 0.1) is 5.82 Å². The zero-order chi connectivity index (χ0) is 20.3. The minimum atomic E-state index is -3.63. The standard InChI is InChI=1S/C20H21FN2O4S/c1-2-3-4-19-22-17-11-14(5-10-18(17)23(19)12-20(24)25)13-28(26,27)16-8-6-15(21)7-9-16/h5-11H,2-4,12-13H2,1H3,(H,24,25). The van der Waals surface area contributed by atoms with Crippen molar-refractivity contribution in [2.75, 3.05) is 0 Å². The summed E-state index contributed by atoms with van der Waals surface area (Å²) in [7, 11) is -3.63. The van der Waals surface area contributed by atoms with Crippen molar-refractivity contribution in [1.82, 2.24) is 9.55 Å². The average molecular weight is 404 g/mol. The van der Waals surface area contributed by atoms with Gasteiger partial charge in [-0.3, -0.25) is 4.79 Å². The SMILES string of the molecule is CCCCc1nc2cc(CS(=O)(=O)c3ccc(F)cc3)ccc2n1CC(=O)O. The van der Waals surface area contributed by atoms with Crippen LogP contribution in [0.2, 0.25) is 0 Å². The van der Waals surface area contributed by atoms with E-state index < -0.39 is 21.6 Å². The van der Waals surface area contributed by atoms with E-state index in [0.29, 0.717) is 28.8 Å². The second kappa shape index (κ2) is 8.10. The highest BCUT2D eigenvalue weighted by atomic mass is 32.2. The molecule has 28 heavy (non-hydrogen) atoms. The number of hydrogen-bond acceptors (Lipinski definition) is 4. The topological polar surface area (TPSA) is 89.3 Å². The largest absolute Gasteiger partial charge is 0.480 e. The first-order valence-corrected chi connectivity index (χ1v) is 10.6. The number of aliphatic carboxylic acids is 1. The lowest BCUT2D eigenvalue weighted by molar-refractivity contribution is -0.137. The lowest BCUT2D eigenvalue weighted by Crippen LogP contribution is -2.12. The van der Waals surface area contributed by atoms with Gasteiger partial charge in [0.05, 0.1) is 21.7 Å². The molecule has 0 radical (unpaired) electrons. The van der Waals surface area contributed by atoms with Gasteiger partial charge in [-0.25, -0.2) is 17.8 Å². The number of carboxylic acid groups (broad SMARTS) is 1. The number of hydrogen-bond donors (Lipinski definition) is 1. The number of aromatic nitrogens is 2. The minimum absolute atomic E-state index is 0.0500. The first-order valence-electron chi connectivity index (χ1n) is 8.98. The van der Waals surface area contributed by atoms with Crippen LogP contribution >= 0.6 is 0 Å². The van der Waals surface area contributed by atoms with E-state index in [1.54, 1.807) is 22.8 Å². The quantitative estimate of drug-likeness (QED) is 0.580. The van der Waals surface area contributed by atoms with Crippen molar-refractivity contribution in [2.45, 2.75) is 43.4 Å². The molecular formula is C20H21FN2O4S. The molecule has 0 amide bonds. The Hall–Kier alpha value is -2.74. The number of aryl methyl sites for hydroxylation is 1. The molecule has 1 heterocycles. The zero-order valence-electron chi connectivity index (χ0n) is 15.4. The number of sulfone groups is 1. The fourth-order valence-electron chi connectivity index (χ4n) is 3.10. The van der Waals surface area contributed by atoms with Gasteiger partial charge in [0.15, 0.2) is 9.84 Å². The number of nitrogens with zero attached hydrogens (tertiary/aromatic N) is 2. The van der Waals surface area contributed by atoms with Crippen LogP contribution in [0.15, 0.2) is 47.4 Å². The number of imidazole rings is 1. The van der Waals surface area contributed by atoms with Crippen LogP contribution in [-0.2, 0) is 33.4 Å². The highest BCUT2D eigenvalue weighted by molar-refractivity contribution is 7.90. The molecule has 0 aliphatic rings. The molecule has 3 aromatic rings. The summed E-state index contributed by atoms with van der Waals surface area (Å²) in [5.74, 6) is -1.02. The molecule has 3 rings (SSSR count). The van der Waals surface area contributed by atoms with Crippen molar-refractivity contribution >= 4 is 26.8 Å². The second-order valence-corrected chi connectivity index (χ2v) is 8.64. The summed E-state index contributed by atoms with van der Waals surface area (Å²) in [5.41, 5.74) is 1.77. The molecule has 0 atom stereocenters. The zero-order valence-corrected chi connectivity index (χ0v) is 16.2. The Kier molecular flexibility index (Phi) is 5.79. The molecule has 1 aromatic heterocycles. The number of fused-ring (bicyclic) bond motifs is 1. The van der Waals surface area contributed by atoms with Gasteiger partial charge in [-0.2, -0.15) is 0 Å². The van der Waals surface area contributed by atoms with E-state index in [-0.39, 0.29) is 17.2 Å². The minimum Gasteiger partial charge on any atom is -0.480 e. The molecule has 0 bridgehead atoms. The van der Waals surface area contributed by atoms with Crippen LogP contribution in [0.3, 0.4) is 0 Å². The van der Waals surface area contributed by atoms with E-state index in [1.165, 1.54) is 12.1 Å². The maximum Gasteiger partial charge on any atom is 0.323 e. The van der Waals surface area contributed by atoms with Gasteiger partial charge in [0.2, 0.25) is 0 Å². The van der Waals surface area contributed by atoms with Gasteiger partial charge >= 0.3 is 5.97 Å². The van der Waals surface area contributed by atoms with Gasteiger partial charge in [-0.1, -0.05) is 19.4 Å². The number of carboxylic acids is 1. The highest BCUT2D eigenvalue weighted by Gasteiger charge is 2.18. The van der Waals surface area contributed by atoms with E-state index in [0.717, 1.165) is 25.0 Å². The number of benzene rings is 2. The van der Waals surface area contributed by atoms with Gasteiger partial charge in [-0.05, 0) is 48.4 Å². The summed E-state index contributed by atoms with van der Waals surface area (Å²) in [6.07, 6.45) is 2.49. The predicted octanol–water partition coefficient (Wildman–Crippen LogP) is 3.58. The van der Waals surface area contributed by atoms with Gasteiger partial charge in [0.25, 0.3) is 0 Å². The van der Waals surface area contributed by atoms with Crippen molar-refractivity contribution in [1.29, 1.82) is 0 Å². The molecule has 1 N–H and O–H groups in total. The monoisotopic (exact) mass is 404 g/mol. The third kappa shape index (κ3) is 4.39. The summed E-state index contributed by atoms with van der Waals surface area (Å²) >= 11 is 0. The molecule has 0 aliphatic carbocycles. The van der Waals surface area contributed by atoms with E-state index in [4.69, 9.17) is 0 Å². The van der Waals surface area contributed by atoms with Crippen LogP contribution in [0.5, 0.6) is 0 Å². The third-order valence-electron chi connectivity index (χ3n) is 4.47. The fourth-order valence-corrected chi connectivity index (χ4v) is 4.43. The molecular weight excluding hydrogens is 383 g/mol. The van der Waals surface area contributed by atoms with Crippen LogP contribution in [0.25, 0.3) is 11.0 Å². The average Bonchev–Trinajstić information content (AvgIpc) is 2.96. The molecule has 2 aromatic carbocycles. The number of carbonyl (C=O) groups is 1. The number of halogens is 1. The maximum absolute atomic E-state index is 13.0. The Morgan fingerprint density at radius 2 is 1.89 bits per heavy atom. The summed E-state index contributed by atoms with van der Waals surface area (Å²) in [6, 6.07) is 9.75. The van der Waals surface area contributed by atoms with Crippen molar-refractivity contribution < 1.29 is 22.7 Å². The van der Waals surface area contributed by atoms with Crippen molar-refractivity contribution in [3.8, 4) is 0 Å². The Balaban J connectivity index is 1.95. The first kappa shape index (κ1) is 20.0. The lowest BCUT2D eigenvalue weighted by Gasteiger charge is -2.07.